The number of hydrogen-bond acceptors (Lipinski definition) is 7. The number of carbonyl (C=O) groups is 3. The highest BCUT2D eigenvalue weighted by molar-refractivity contribution is 7.86. The molecule has 0 saturated carbocycles. The lowest BCUT2D eigenvalue weighted by Gasteiger charge is -2.52. The van der Waals surface area contributed by atoms with Crippen molar-refractivity contribution in [3.8, 4) is 0 Å². The molecule has 0 aromatic heterocycles. The number of non-ortho nitro benzene ring substituents is 1. The van der Waals surface area contributed by atoms with Crippen LogP contribution in [0.25, 0.3) is 0 Å². The third-order valence-corrected chi connectivity index (χ3v) is 8.07. The molecule has 4 atom stereocenters. The number of amides is 2. The van der Waals surface area contributed by atoms with Gasteiger partial charge in [-0.1, -0.05) is 29.8 Å². The Morgan fingerprint density at radius 1 is 1.22 bits per heavy atom. The molecular formula is C23H19Cl2N3O7S. The summed E-state index contributed by atoms with van der Waals surface area (Å²) in [5.41, 5.74) is 1.13. The molecule has 2 aliphatic heterocycles. The van der Waals surface area contributed by atoms with E-state index in [9.17, 15) is 28.7 Å². The van der Waals surface area contributed by atoms with E-state index in [4.69, 9.17) is 27.9 Å². The lowest BCUT2D eigenvalue weighted by atomic mass is 9.98. The van der Waals surface area contributed by atoms with E-state index in [1.807, 2.05) is 0 Å². The summed E-state index contributed by atoms with van der Waals surface area (Å²) in [5, 5.41) is 13.2. The number of nitro groups is 1. The number of ether oxygens (including phenoxy) is 1. The topological polar surface area (TPSA) is 136 Å². The molecule has 2 aliphatic rings. The van der Waals surface area contributed by atoms with Crippen LogP contribution in [0.3, 0.4) is 0 Å². The summed E-state index contributed by atoms with van der Waals surface area (Å²) >= 11 is 12.1. The number of halogens is 2. The summed E-state index contributed by atoms with van der Waals surface area (Å²) < 4.78 is 18.1. The van der Waals surface area contributed by atoms with Crippen molar-refractivity contribution in [3.05, 3.63) is 85.9 Å². The predicted molar refractivity (Wildman–Crippen MR) is 132 cm³/mol. The Hall–Kier alpha value is -3.28. The Bertz CT molecular complexity index is 1300. The van der Waals surface area contributed by atoms with Gasteiger partial charge in [0.1, 0.15) is 18.0 Å². The molecule has 13 heteroatoms. The zero-order chi connectivity index (χ0) is 26.1. The fraction of sp³-hybridized carbons (Fsp3) is 0.261. The molecule has 2 aromatic carbocycles. The summed E-state index contributed by atoms with van der Waals surface area (Å²) in [6.07, 6.45) is -0.143. The van der Waals surface area contributed by atoms with E-state index < -0.39 is 51.0 Å². The van der Waals surface area contributed by atoms with Gasteiger partial charge >= 0.3 is 5.97 Å². The highest BCUT2D eigenvalue weighted by atomic mass is 35.5. The number of hydrogen-bond donors (Lipinski definition) is 1. The van der Waals surface area contributed by atoms with Crippen LogP contribution in [0.5, 0.6) is 0 Å². The average molecular weight is 552 g/mol. The third kappa shape index (κ3) is 5.13. The van der Waals surface area contributed by atoms with E-state index in [1.165, 1.54) is 30.3 Å². The number of carbonyl (C=O) groups excluding carboxylic acids is 3. The van der Waals surface area contributed by atoms with E-state index in [1.54, 1.807) is 12.1 Å². The minimum Gasteiger partial charge on any atom is -0.459 e. The first-order chi connectivity index (χ1) is 17.1. The largest absolute Gasteiger partial charge is 0.459 e. The van der Waals surface area contributed by atoms with E-state index in [0.717, 1.165) is 4.90 Å². The molecule has 188 valence electrons. The third-order valence-electron chi connectivity index (χ3n) is 5.77. The molecule has 1 N–H and O–H groups in total. The number of β-lactam (4-membered cyclic amide) rings is 1. The summed E-state index contributed by atoms with van der Waals surface area (Å²) in [6, 6.07) is 7.91. The van der Waals surface area contributed by atoms with Gasteiger partial charge in [-0.25, -0.2) is 4.79 Å². The quantitative estimate of drug-likeness (QED) is 0.183. The molecule has 4 rings (SSSR count). The molecule has 0 spiro atoms. The first kappa shape index (κ1) is 25.8. The van der Waals surface area contributed by atoms with Crippen LogP contribution in [-0.4, -0.2) is 55.0 Å². The number of nitro benzene ring substituents is 1. The second kappa shape index (κ2) is 10.4. The minimum atomic E-state index is -1.59. The van der Waals surface area contributed by atoms with Gasteiger partial charge in [-0.3, -0.25) is 23.9 Å². The van der Waals surface area contributed by atoms with Gasteiger partial charge < -0.3 is 15.0 Å². The summed E-state index contributed by atoms with van der Waals surface area (Å²) in [4.78, 5) is 49.7. The summed E-state index contributed by atoms with van der Waals surface area (Å²) in [7, 11) is -1.59. The maximum absolute atomic E-state index is 12.9. The number of fused-ring (bicyclic) bond motifs is 1. The van der Waals surface area contributed by atoms with E-state index in [-0.39, 0.29) is 30.0 Å². The zero-order valence-electron chi connectivity index (χ0n) is 18.5. The molecule has 0 bridgehead atoms. The van der Waals surface area contributed by atoms with Crippen molar-refractivity contribution in [1.29, 1.82) is 0 Å². The fourth-order valence-electron chi connectivity index (χ4n) is 4.02. The Balaban J connectivity index is 1.41. The standard InChI is InChI=1S/C23H19Cl2N3O7S/c1-12-11-36(34)22-19(26-18(29)9-14-8-15(24)4-7-17(14)25)21(30)27(22)20(12)23(31)35-10-13-2-5-16(6-3-13)28(32)33/h2-8,19-20,22H,1,9-11H2,(H,26,29)/t19?,20?,22-,36?/m0/s1. The van der Waals surface area contributed by atoms with Gasteiger partial charge in [0.05, 0.1) is 22.1 Å². The first-order valence-electron chi connectivity index (χ1n) is 10.6. The molecule has 10 nitrogen and oxygen atoms in total. The first-order valence-corrected chi connectivity index (χ1v) is 12.7. The van der Waals surface area contributed by atoms with Crippen molar-refractivity contribution < 1.29 is 28.3 Å². The van der Waals surface area contributed by atoms with Gasteiger partial charge in [0, 0.05) is 27.9 Å². The van der Waals surface area contributed by atoms with Gasteiger partial charge in [0.2, 0.25) is 11.8 Å². The van der Waals surface area contributed by atoms with Crippen LogP contribution in [0.1, 0.15) is 11.1 Å². The van der Waals surface area contributed by atoms with Crippen LogP contribution >= 0.6 is 23.2 Å². The second-order valence-electron chi connectivity index (χ2n) is 8.21. The molecule has 2 fully saturated rings. The minimum absolute atomic E-state index is 0.0434. The highest BCUT2D eigenvalue weighted by Crippen LogP contribution is 2.35. The lowest BCUT2D eigenvalue weighted by molar-refractivity contribution is -0.384. The maximum Gasteiger partial charge on any atom is 0.333 e. The Morgan fingerprint density at radius 3 is 2.58 bits per heavy atom. The zero-order valence-corrected chi connectivity index (χ0v) is 20.8. The van der Waals surface area contributed by atoms with Gasteiger partial charge in [0.15, 0.2) is 6.04 Å². The molecule has 3 unspecified atom stereocenters. The van der Waals surface area contributed by atoms with Crippen molar-refractivity contribution in [2.75, 3.05) is 5.75 Å². The molecule has 36 heavy (non-hydrogen) atoms. The van der Waals surface area contributed by atoms with E-state index >= 15 is 0 Å². The number of rotatable bonds is 7. The fourth-order valence-corrected chi connectivity index (χ4v) is 6.06. The van der Waals surface area contributed by atoms with Gasteiger partial charge in [-0.05, 0) is 47.0 Å². The molecule has 2 heterocycles. The number of esters is 1. The van der Waals surface area contributed by atoms with Crippen molar-refractivity contribution in [2.45, 2.75) is 30.5 Å². The van der Waals surface area contributed by atoms with Crippen LogP contribution in [-0.2, 0) is 42.9 Å². The van der Waals surface area contributed by atoms with Crippen LogP contribution in [0.4, 0.5) is 5.69 Å². The van der Waals surface area contributed by atoms with E-state index in [0.29, 0.717) is 21.2 Å². The Labute approximate surface area is 217 Å². The van der Waals surface area contributed by atoms with Crippen LogP contribution < -0.4 is 5.32 Å². The molecule has 2 amide bonds. The molecule has 0 aliphatic carbocycles. The monoisotopic (exact) mass is 551 g/mol. The Morgan fingerprint density at radius 2 is 1.92 bits per heavy atom. The average Bonchev–Trinajstić information content (AvgIpc) is 2.83. The van der Waals surface area contributed by atoms with Crippen LogP contribution in [0.15, 0.2) is 54.6 Å². The lowest BCUT2D eigenvalue weighted by Crippen LogP contribution is -2.77. The van der Waals surface area contributed by atoms with Crippen molar-refractivity contribution in [1.82, 2.24) is 10.2 Å². The molecule has 2 aromatic rings. The normalized spacial score (nSPS) is 22.9. The van der Waals surface area contributed by atoms with Crippen LogP contribution in [0, 0.1) is 10.1 Å². The number of nitrogens with one attached hydrogen (secondary N) is 1. The second-order valence-corrected chi connectivity index (χ2v) is 10.6. The molecule has 2 saturated heterocycles. The van der Waals surface area contributed by atoms with Gasteiger partial charge in [0.25, 0.3) is 5.69 Å². The predicted octanol–water partition coefficient (Wildman–Crippen LogP) is 2.53. The maximum atomic E-state index is 12.9. The van der Waals surface area contributed by atoms with Crippen LogP contribution in [0.2, 0.25) is 10.0 Å². The number of nitrogens with zero attached hydrogens (tertiary/aromatic N) is 2. The van der Waals surface area contributed by atoms with Crippen molar-refractivity contribution >= 4 is 57.5 Å². The van der Waals surface area contributed by atoms with Crippen molar-refractivity contribution in [3.63, 3.8) is 0 Å². The summed E-state index contributed by atoms with van der Waals surface area (Å²) in [6.45, 7) is 3.61. The van der Waals surface area contributed by atoms with Gasteiger partial charge in [-0.2, -0.15) is 0 Å². The number of benzene rings is 2. The molecular weight excluding hydrogens is 533 g/mol. The Kier molecular flexibility index (Phi) is 7.43. The van der Waals surface area contributed by atoms with Gasteiger partial charge in [-0.15, -0.1) is 0 Å². The smallest absolute Gasteiger partial charge is 0.333 e. The molecule has 0 radical (unpaired) electrons. The SMILES string of the molecule is C=C1CS(=O)[C@H]2C(NC(=O)Cc3cc(Cl)ccc3Cl)C(=O)N2C1C(=O)OCc1ccc([N+](=O)[O-])cc1. The van der Waals surface area contributed by atoms with E-state index in [2.05, 4.69) is 11.9 Å². The summed E-state index contributed by atoms with van der Waals surface area (Å²) in [5.74, 6) is -1.92. The highest BCUT2D eigenvalue weighted by Gasteiger charge is 2.59. The van der Waals surface area contributed by atoms with Crippen molar-refractivity contribution in [2.24, 2.45) is 0 Å².